The molecule has 2 aliphatic rings. The summed E-state index contributed by atoms with van der Waals surface area (Å²) in [6, 6.07) is 7.64. The van der Waals surface area contributed by atoms with Crippen LogP contribution < -0.4 is 15.4 Å². The average molecular weight is 312 g/mol. The van der Waals surface area contributed by atoms with E-state index in [9.17, 15) is 5.11 Å². The highest BCUT2D eigenvalue weighted by atomic mass is 16.5. The molecule has 0 amide bonds. The lowest BCUT2D eigenvalue weighted by molar-refractivity contribution is 0.103. The van der Waals surface area contributed by atoms with Gasteiger partial charge < -0.3 is 20.5 Å². The largest absolute Gasteiger partial charge is 0.491 e. The van der Waals surface area contributed by atoms with E-state index in [1.807, 2.05) is 24.3 Å². The molecule has 2 aromatic rings. The molecule has 0 saturated carbocycles. The van der Waals surface area contributed by atoms with Gasteiger partial charge in [0.05, 0.1) is 11.8 Å². The Morgan fingerprint density at radius 1 is 1.22 bits per heavy atom. The number of aliphatic hydroxyl groups excluding tert-OH is 1. The lowest BCUT2D eigenvalue weighted by atomic mass is 10.2. The van der Waals surface area contributed by atoms with Gasteiger partial charge in [0, 0.05) is 23.9 Å². The van der Waals surface area contributed by atoms with Crippen LogP contribution in [0.2, 0.25) is 0 Å². The van der Waals surface area contributed by atoms with Crippen molar-refractivity contribution in [3.8, 4) is 5.75 Å². The third-order valence-electron chi connectivity index (χ3n) is 4.24. The molecule has 1 atom stereocenters. The molecular weight excluding hydrogens is 292 g/mol. The monoisotopic (exact) mass is 312 g/mol. The molecule has 0 saturated heterocycles. The predicted octanol–water partition coefficient (Wildman–Crippen LogP) is 2.26. The zero-order chi connectivity index (χ0) is 15.6. The maximum Gasteiger partial charge on any atom is 0.229 e. The Morgan fingerprint density at radius 3 is 3.13 bits per heavy atom. The van der Waals surface area contributed by atoms with Crippen LogP contribution in [0.4, 0.5) is 17.5 Å². The molecule has 2 heterocycles. The van der Waals surface area contributed by atoms with Crippen molar-refractivity contribution in [3.05, 3.63) is 35.5 Å². The standard InChI is InChI=1S/C17H20N4O2/c22-12-7-8-18-16-14-5-2-6-15(14)20-17(21-16)19-11-3-1-4-13(9-11)23-10-12/h1,3-4,9,12,22H,2,5-8,10H2,(H2,18,19,20,21). The van der Waals surface area contributed by atoms with Crippen molar-refractivity contribution in [1.82, 2.24) is 9.97 Å². The minimum atomic E-state index is -0.505. The minimum Gasteiger partial charge on any atom is -0.491 e. The first kappa shape index (κ1) is 14.3. The van der Waals surface area contributed by atoms with Crippen molar-refractivity contribution < 1.29 is 9.84 Å². The Hall–Kier alpha value is -2.34. The van der Waals surface area contributed by atoms with Crippen molar-refractivity contribution in [3.63, 3.8) is 0 Å². The molecule has 1 aromatic heterocycles. The molecule has 23 heavy (non-hydrogen) atoms. The molecule has 1 aliphatic carbocycles. The van der Waals surface area contributed by atoms with Crippen LogP contribution in [0.25, 0.3) is 0 Å². The smallest absolute Gasteiger partial charge is 0.229 e. The summed E-state index contributed by atoms with van der Waals surface area (Å²) in [5.74, 6) is 2.21. The fourth-order valence-corrected chi connectivity index (χ4v) is 3.06. The highest BCUT2D eigenvalue weighted by Crippen LogP contribution is 2.29. The second-order valence-electron chi connectivity index (χ2n) is 6.01. The lowest BCUT2D eigenvalue weighted by Gasteiger charge is -2.14. The van der Waals surface area contributed by atoms with Crippen molar-refractivity contribution >= 4 is 17.5 Å². The summed E-state index contributed by atoms with van der Waals surface area (Å²) >= 11 is 0. The van der Waals surface area contributed by atoms with Crippen LogP contribution in [-0.2, 0) is 12.8 Å². The first-order valence-corrected chi connectivity index (χ1v) is 8.09. The number of hydrogen-bond acceptors (Lipinski definition) is 6. The molecule has 4 rings (SSSR count). The van der Waals surface area contributed by atoms with E-state index in [0.717, 1.165) is 42.2 Å². The first-order valence-electron chi connectivity index (χ1n) is 8.09. The van der Waals surface area contributed by atoms with Gasteiger partial charge in [-0.25, -0.2) is 4.98 Å². The summed E-state index contributed by atoms with van der Waals surface area (Å²) in [4.78, 5) is 9.28. The molecule has 0 fully saturated rings. The Bertz CT molecular complexity index is 720. The van der Waals surface area contributed by atoms with Gasteiger partial charge in [-0.2, -0.15) is 4.98 Å². The normalized spacial score (nSPS) is 20.0. The molecule has 4 bridgehead atoms. The zero-order valence-corrected chi connectivity index (χ0v) is 12.9. The fourth-order valence-electron chi connectivity index (χ4n) is 3.06. The molecular formula is C17H20N4O2. The van der Waals surface area contributed by atoms with Crippen molar-refractivity contribution in [2.24, 2.45) is 0 Å². The second kappa shape index (κ2) is 6.04. The number of nitrogens with zero attached hydrogens (tertiary/aromatic N) is 2. The van der Waals surface area contributed by atoms with Gasteiger partial charge in [0.25, 0.3) is 0 Å². The van der Waals surface area contributed by atoms with Crippen LogP contribution in [-0.4, -0.2) is 34.3 Å². The molecule has 120 valence electrons. The Labute approximate surface area is 134 Å². The van der Waals surface area contributed by atoms with Crippen LogP contribution in [0.1, 0.15) is 24.1 Å². The quantitative estimate of drug-likeness (QED) is 0.692. The lowest BCUT2D eigenvalue weighted by Crippen LogP contribution is -2.21. The number of rotatable bonds is 0. The van der Waals surface area contributed by atoms with Gasteiger partial charge in [0.1, 0.15) is 18.2 Å². The summed E-state index contributed by atoms with van der Waals surface area (Å²) in [7, 11) is 0. The van der Waals surface area contributed by atoms with Gasteiger partial charge in [-0.05, 0) is 37.8 Å². The van der Waals surface area contributed by atoms with Gasteiger partial charge in [0.15, 0.2) is 0 Å². The summed E-state index contributed by atoms with van der Waals surface area (Å²) in [5, 5.41) is 16.7. The summed E-state index contributed by atoms with van der Waals surface area (Å²) < 4.78 is 5.65. The topological polar surface area (TPSA) is 79.3 Å². The Balaban J connectivity index is 1.72. The minimum absolute atomic E-state index is 0.284. The van der Waals surface area contributed by atoms with E-state index in [2.05, 4.69) is 20.6 Å². The van der Waals surface area contributed by atoms with Gasteiger partial charge in [-0.1, -0.05) is 6.07 Å². The number of benzene rings is 1. The van der Waals surface area contributed by atoms with Crippen LogP contribution >= 0.6 is 0 Å². The number of fused-ring (bicyclic) bond motifs is 6. The average Bonchev–Trinajstić information content (AvgIpc) is 3.01. The van der Waals surface area contributed by atoms with E-state index in [1.54, 1.807) is 0 Å². The zero-order valence-electron chi connectivity index (χ0n) is 12.9. The number of anilines is 3. The maximum atomic E-state index is 10.1. The first-order chi connectivity index (χ1) is 11.3. The van der Waals surface area contributed by atoms with Crippen LogP contribution in [0.15, 0.2) is 24.3 Å². The number of aromatic nitrogens is 2. The van der Waals surface area contributed by atoms with Crippen molar-refractivity contribution in [2.75, 3.05) is 23.8 Å². The summed E-state index contributed by atoms with van der Waals surface area (Å²) in [6.45, 7) is 0.942. The third kappa shape index (κ3) is 3.07. The SMILES string of the molecule is OC1CCNc2nc(nc3c2CCC3)Nc2cccc(c2)OC1. The molecule has 0 radical (unpaired) electrons. The number of ether oxygens (including phenoxy) is 1. The van der Waals surface area contributed by atoms with E-state index in [0.29, 0.717) is 18.9 Å². The second-order valence-corrected chi connectivity index (χ2v) is 6.01. The summed E-state index contributed by atoms with van der Waals surface area (Å²) in [5.41, 5.74) is 3.21. The predicted molar refractivity (Wildman–Crippen MR) is 88.4 cm³/mol. The van der Waals surface area contributed by atoms with Gasteiger partial charge in [0.2, 0.25) is 5.95 Å². The number of nitrogens with one attached hydrogen (secondary N) is 2. The van der Waals surface area contributed by atoms with Crippen LogP contribution in [0, 0.1) is 0 Å². The molecule has 1 aliphatic heterocycles. The maximum absolute atomic E-state index is 10.1. The van der Waals surface area contributed by atoms with E-state index in [4.69, 9.17) is 4.74 Å². The van der Waals surface area contributed by atoms with Crippen LogP contribution in [0.3, 0.4) is 0 Å². The number of aliphatic hydroxyl groups is 1. The highest BCUT2D eigenvalue weighted by molar-refractivity contribution is 5.59. The van der Waals surface area contributed by atoms with E-state index >= 15 is 0 Å². The highest BCUT2D eigenvalue weighted by Gasteiger charge is 2.20. The molecule has 6 heteroatoms. The molecule has 1 unspecified atom stereocenters. The molecule has 1 aromatic carbocycles. The Kier molecular flexibility index (Phi) is 3.75. The Morgan fingerprint density at radius 2 is 2.17 bits per heavy atom. The number of hydrogen-bond donors (Lipinski definition) is 3. The van der Waals surface area contributed by atoms with Gasteiger partial charge in [-0.15, -0.1) is 0 Å². The molecule has 3 N–H and O–H groups in total. The third-order valence-corrected chi connectivity index (χ3v) is 4.24. The van der Waals surface area contributed by atoms with Gasteiger partial charge >= 0.3 is 0 Å². The van der Waals surface area contributed by atoms with E-state index in [-0.39, 0.29) is 6.61 Å². The fraction of sp³-hybridized carbons (Fsp3) is 0.412. The van der Waals surface area contributed by atoms with E-state index < -0.39 is 6.10 Å². The summed E-state index contributed by atoms with van der Waals surface area (Å²) in [6.07, 6.45) is 3.23. The molecule has 6 nitrogen and oxygen atoms in total. The van der Waals surface area contributed by atoms with Crippen LogP contribution in [0.5, 0.6) is 5.75 Å². The number of aryl methyl sites for hydroxylation is 1. The van der Waals surface area contributed by atoms with Crippen molar-refractivity contribution in [1.29, 1.82) is 0 Å². The van der Waals surface area contributed by atoms with E-state index in [1.165, 1.54) is 5.56 Å². The van der Waals surface area contributed by atoms with Gasteiger partial charge in [-0.3, -0.25) is 0 Å². The van der Waals surface area contributed by atoms with Crippen molar-refractivity contribution in [2.45, 2.75) is 31.8 Å². The molecule has 0 spiro atoms.